The van der Waals surface area contributed by atoms with E-state index in [-0.39, 0.29) is 29.9 Å². The summed E-state index contributed by atoms with van der Waals surface area (Å²) < 4.78 is 10.6. The summed E-state index contributed by atoms with van der Waals surface area (Å²) in [7, 11) is 4.89. The molecule has 8 heteroatoms. The van der Waals surface area contributed by atoms with Gasteiger partial charge in [0.25, 0.3) is 5.91 Å². The summed E-state index contributed by atoms with van der Waals surface area (Å²) in [6.07, 6.45) is 0.825. The Hall–Kier alpha value is -2.49. The highest BCUT2D eigenvalue weighted by Gasteiger charge is 2.05. The van der Waals surface area contributed by atoms with E-state index in [1.807, 2.05) is 37.3 Å². The molecule has 2 rings (SSSR count). The van der Waals surface area contributed by atoms with Gasteiger partial charge in [-0.05, 0) is 48.7 Å². The molecule has 0 saturated heterocycles. The fourth-order valence-corrected chi connectivity index (χ4v) is 2.78. The number of benzene rings is 2. The largest absolute Gasteiger partial charge is 0.493 e. The third-order valence-electron chi connectivity index (χ3n) is 4.36. The van der Waals surface area contributed by atoms with Crippen molar-refractivity contribution in [3.05, 3.63) is 59.2 Å². The minimum absolute atomic E-state index is 0. The van der Waals surface area contributed by atoms with E-state index in [1.54, 1.807) is 33.4 Å². The minimum Gasteiger partial charge on any atom is -0.493 e. The summed E-state index contributed by atoms with van der Waals surface area (Å²) in [5.41, 5.74) is 2.82. The quantitative estimate of drug-likeness (QED) is 0.266. The van der Waals surface area contributed by atoms with Gasteiger partial charge in [-0.3, -0.25) is 4.79 Å². The van der Waals surface area contributed by atoms with Crippen LogP contribution in [0.4, 0.5) is 0 Å². The number of nitrogens with zero attached hydrogens (tertiary/aromatic N) is 1. The van der Waals surface area contributed by atoms with Crippen LogP contribution < -0.4 is 25.4 Å². The van der Waals surface area contributed by atoms with Crippen LogP contribution in [0.5, 0.6) is 11.5 Å². The second-order valence-electron chi connectivity index (χ2n) is 6.34. The van der Waals surface area contributed by atoms with Gasteiger partial charge in [-0.15, -0.1) is 24.0 Å². The first-order valence-electron chi connectivity index (χ1n) is 9.65. The first-order chi connectivity index (χ1) is 14.1. The number of halogens is 1. The van der Waals surface area contributed by atoms with E-state index in [1.165, 1.54) is 0 Å². The molecule has 0 atom stereocenters. The number of aliphatic imine (C=N–C) groups is 1. The summed E-state index contributed by atoms with van der Waals surface area (Å²) >= 11 is 0. The Morgan fingerprint density at radius 3 is 2.23 bits per heavy atom. The highest BCUT2D eigenvalue weighted by atomic mass is 127. The number of carbonyl (C=O) groups excluding carboxylic acids is 1. The lowest BCUT2D eigenvalue weighted by Crippen LogP contribution is -2.38. The lowest BCUT2D eigenvalue weighted by atomic mass is 10.1. The Balaban J connectivity index is 0.00000450. The highest BCUT2D eigenvalue weighted by Crippen LogP contribution is 2.27. The molecule has 7 nitrogen and oxygen atoms in total. The van der Waals surface area contributed by atoms with Crippen LogP contribution in [0.1, 0.15) is 28.4 Å². The van der Waals surface area contributed by atoms with Crippen molar-refractivity contribution in [3.8, 4) is 11.5 Å². The van der Waals surface area contributed by atoms with Gasteiger partial charge in [-0.25, -0.2) is 4.99 Å². The standard InChI is InChI=1S/C22H30N4O3.HI/c1-5-24-22(26-15-17-6-9-18(10-7-17)21(27)23-2)25-13-12-16-8-11-19(28-3)20(14-16)29-4;/h6-11,14H,5,12-13,15H2,1-4H3,(H,23,27)(H2,24,25,26);1H. The van der Waals surface area contributed by atoms with Crippen molar-refractivity contribution >= 4 is 35.8 Å². The summed E-state index contributed by atoms with van der Waals surface area (Å²) in [6.45, 7) is 4.07. The van der Waals surface area contributed by atoms with Crippen molar-refractivity contribution < 1.29 is 14.3 Å². The number of nitrogens with one attached hydrogen (secondary N) is 3. The van der Waals surface area contributed by atoms with E-state index in [0.29, 0.717) is 12.1 Å². The monoisotopic (exact) mass is 526 g/mol. The van der Waals surface area contributed by atoms with Crippen molar-refractivity contribution in [2.45, 2.75) is 19.9 Å². The fraction of sp³-hybridized carbons (Fsp3) is 0.364. The van der Waals surface area contributed by atoms with Gasteiger partial charge in [-0.1, -0.05) is 18.2 Å². The second kappa shape index (κ2) is 13.7. The van der Waals surface area contributed by atoms with E-state index in [2.05, 4.69) is 20.9 Å². The fourth-order valence-electron chi connectivity index (χ4n) is 2.78. The Morgan fingerprint density at radius 1 is 0.967 bits per heavy atom. The maximum Gasteiger partial charge on any atom is 0.251 e. The molecular formula is C22H31IN4O3. The summed E-state index contributed by atoms with van der Waals surface area (Å²) in [5, 5.41) is 9.21. The zero-order valence-electron chi connectivity index (χ0n) is 18.0. The number of rotatable bonds is 9. The molecule has 0 fully saturated rings. The van der Waals surface area contributed by atoms with E-state index in [0.717, 1.165) is 48.1 Å². The van der Waals surface area contributed by atoms with E-state index in [9.17, 15) is 4.79 Å². The number of methoxy groups -OCH3 is 2. The van der Waals surface area contributed by atoms with Crippen molar-refractivity contribution in [1.82, 2.24) is 16.0 Å². The van der Waals surface area contributed by atoms with Crippen LogP contribution in [0.25, 0.3) is 0 Å². The number of guanidine groups is 1. The van der Waals surface area contributed by atoms with E-state index < -0.39 is 0 Å². The molecule has 0 aliphatic heterocycles. The molecule has 30 heavy (non-hydrogen) atoms. The first-order valence-corrected chi connectivity index (χ1v) is 9.65. The van der Waals surface area contributed by atoms with Gasteiger partial charge >= 0.3 is 0 Å². The molecule has 0 aliphatic rings. The zero-order valence-corrected chi connectivity index (χ0v) is 20.3. The number of carbonyl (C=O) groups is 1. The molecule has 0 heterocycles. The Kier molecular flexibility index (Phi) is 11.7. The molecule has 0 radical (unpaired) electrons. The van der Waals surface area contributed by atoms with Crippen LogP contribution in [0.15, 0.2) is 47.5 Å². The summed E-state index contributed by atoms with van der Waals surface area (Å²) in [4.78, 5) is 16.2. The Morgan fingerprint density at radius 2 is 1.63 bits per heavy atom. The van der Waals surface area contributed by atoms with Gasteiger partial charge in [0, 0.05) is 25.7 Å². The third-order valence-corrected chi connectivity index (χ3v) is 4.36. The molecule has 1 amide bonds. The molecule has 2 aromatic carbocycles. The van der Waals surface area contributed by atoms with Gasteiger partial charge in [0.1, 0.15) is 0 Å². The number of ether oxygens (including phenoxy) is 2. The SMILES string of the molecule is CCNC(=NCc1ccc(C(=O)NC)cc1)NCCc1ccc(OC)c(OC)c1.I. The molecule has 3 N–H and O–H groups in total. The smallest absolute Gasteiger partial charge is 0.251 e. The van der Waals surface area contributed by atoms with E-state index >= 15 is 0 Å². The van der Waals surface area contributed by atoms with Crippen LogP contribution in [-0.4, -0.2) is 46.2 Å². The van der Waals surface area contributed by atoms with Crippen molar-refractivity contribution in [3.63, 3.8) is 0 Å². The topological polar surface area (TPSA) is 84.0 Å². The molecule has 0 aliphatic carbocycles. The van der Waals surface area contributed by atoms with Gasteiger partial charge in [-0.2, -0.15) is 0 Å². The highest BCUT2D eigenvalue weighted by molar-refractivity contribution is 14.0. The van der Waals surface area contributed by atoms with Crippen LogP contribution in [0.2, 0.25) is 0 Å². The van der Waals surface area contributed by atoms with Crippen LogP contribution in [-0.2, 0) is 13.0 Å². The maximum absolute atomic E-state index is 11.6. The van der Waals surface area contributed by atoms with Crippen LogP contribution >= 0.6 is 24.0 Å². The summed E-state index contributed by atoms with van der Waals surface area (Å²) in [6, 6.07) is 13.4. The van der Waals surface area contributed by atoms with Crippen molar-refractivity contribution in [1.29, 1.82) is 0 Å². The predicted octanol–water partition coefficient (Wildman–Crippen LogP) is 2.98. The zero-order chi connectivity index (χ0) is 21.1. The molecule has 0 saturated carbocycles. The normalized spacial score (nSPS) is 10.6. The van der Waals surface area contributed by atoms with Crippen LogP contribution in [0.3, 0.4) is 0 Å². The second-order valence-corrected chi connectivity index (χ2v) is 6.34. The first kappa shape index (κ1) is 25.5. The van der Waals surface area contributed by atoms with Gasteiger partial charge in [0.15, 0.2) is 17.5 Å². The maximum atomic E-state index is 11.6. The molecule has 0 aromatic heterocycles. The molecule has 0 unspecified atom stereocenters. The predicted molar refractivity (Wildman–Crippen MR) is 131 cm³/mol. The van der Waals surface area contributed by atoms with Gasteiger partial charge < -0.3 is 25.4 Å². The molecule has 0 spiro atoms. The third kappa shape index (κ3) is 7.74. The Bertz CT molecular complexity index is 826. The molecular weight excluding hydrogens is 495 g/mol. The van der Waals surface area contributed by atoms with Crippen molar-refractivity contribution in [2.24, 2.45) is 4.99 Å². The van der Waals surface area contributed by atoms with Gasteiger partial charge in [0.2, 0.25) is 0 Å². The average Bonchev–Trinajstić information content (AvgIpc) is 2.77. The molecule has 2 aromatic rings. The molecule has 0 bridgehead atoms. The lowest BCUT2D eigenvalue weighted by Gasteiger charge is -2.13. The van der Waals surface area contributed by atoms with E-state index in [4.69, 9.17) is 9.47 Å². The van der Waals surface area contributed by atoms with Gasteiger partial charge in [0.05, 0.1) is 20.8 Å². The minimum atomic E-state index is -0.0924. The lowest BCUT2D eigenvalue weighted by molar-refractivity contribution is 0.0963. The summed E-state index contributed by atoms with van der Waals surface area (Å²) in [5.74, 6) is 2.11. The van der Waals surface area contributed by atoms with Crippen LogP contribution in [0, 0.1) is 0 Å². The Labute approximate surface area is 195 Å². The molecule has 164 valence electrons. The average molecular weight is 526 g/mol. The number of hydrogen-bond donors (Lipinski definition) is 3. The number of hydrogen-bond acceptors (Lipinski definition) is 4. The number of amides is 1. The van der Waals surface area contributed by atoms with Crippen molar-refractivity contribution in [2.75, 3.05) is 34.4 Å².